The van der Waals surface area contributed by atoms with E-state index in [9.17, 15) is 20.2 Å². The van der Waals surface area contributed by atoms with Crippen LogP contribution >= 0.6 is 0 Å². The van der Waals surface area contributed by atoms with Crippen LogP contribution in [-0.2, 0) is 0 Å². The highest BCUT2D eigenvalue weighted by molar-refractivity contribution is 5.98. The van der Waals surface area contributed by atoms with Gasteiger partial charge in [0.05, 0.1) is 4.92 Å². The van der Waals surface area contributed by atoms with Crippen molar-refractivity contribution in [2.45, 2.75) is 6.92 Å². The second-order valence-electron chi connectivity index (χ2n) is 6.97. The van der Waals surface area contributed by atoms with Crippen molar-refractivity contribution in [3.05, 3.63) is 75.8 Å². The van der Waals surface area contributed by atoms with Crippen LogP contribution in [0, 0.1) is 28.4 Å². The number of aryl methyl sites for hydroxylation is 1. The smallest absolute Gasteiger partial charge is 0.269 e. The Morgan fingerprint density at radius 2 is 1.77 bits per heavy atom. The summed E-state index contributed by atoms with van der Waals surface area (Å²) < 4.78 is 7.42. The van der Waals surface area contributed by atoms with Crippen molar-refractivity contribution in [3.8, 4) is 12.0 Å². The van der Waals surface area contributed by atoms with Crippen molar-refractivity contribution >= 4 is 17.3 Å². The largest absolute Gasteiger partial charge is 0.443 e. The molecule has 1 saturated heterocycles. The summed E-state index contributed by atoms with van der Waals surface area (Å²) in [4.78, 5) is 27.3. The van der Waals surface area contributed by atoms with E-state index in [0.717, 1.165) is 5.69 Å². The Labute approximate surface area is 172 Å². The molecule has 9 nitrogen and oxygen atoms in total. The van der Waals surface area contributed by atoms with Gasteiger partial charge in [-0.15, -0.1) is 0 Å². The number of hydrogen-bond donors (Lipinski definition) is 0. The van der Waals surface area contributed by atoms with E-state index in [0.29, 0.717) is 43.4 Å². The molecule has 1 aliphatic heterocycles. The van der Waals surface area contributed by atoms with Crippen molar-refractivity contribution in [1.29, 1.82) is 5.26 Å². The van der Waals surface area contributed by atoms with Crippen LogP contribution in [0.25, 0.3) is 5.88 Å². The fourth-order valence-corrected chi connectivity index (χ4v) is 3.65. The van der Waals surface area contributed by atoms with Crippen LogP contribution in [0.1, 0.15) is 21.7 Å². The monoisotopic (exact) mass is 405 g/mol. The van der Waals surface area contributed by atoms with Crippen molar-refractivity contribution < 1.29 is 14.1 Å². The number of nitrogens with zero attached hydrogens (tertiary/aromatic N) is 5. The second kappa shape index (κ2) is 7.75. The number of non-ortho nitro benzene ring substituents is 1. The third-order valence-electron chi connectivity index (χ3n) is 5.22. The van der Waals surface area contributed by atoms with Gasteiger partial charge in [-0.1, -0.05) is 0 Å². The van der Waals surface area contributed by atoms with Gasteiger partial charge in [0.15, 0.2) is 0 Å². The van der Waals surface area contributed by atoms with Gasteiger partial charge in [-0.3, -0.25) is 19.5 Å². The molecule has 0 N–H and O–H groups in total. The molecule has 1 fully saturated rings. The van der Waals surface area contributed by atoms with Gasteiger partial charge < -0.3 is 14.2 Å². The van der Waals surface area contributed by atoms with E-state index in [2.05, 4.69) is 11.0 Å². The van der Waals surface area contributed by atoms with Crippen LogP contribution in [0.4, 0.5) is 11.4 Å². The molecule has 0 bridgehead atoms. The minimum atomic E-state index is -0.428. The van der Waals surface area contributed by atoms with E-state index in [4.69, 9.17) is 4.42 Å². The van der Waals surface area contributed by atoms with Crippen LogP contribution in [0.3, 0.4) is 0 Å². The van der Waals surface area contributed by atoms with E-state index in [-0.39, 0.29) is 17.2 Å². The molecule has 2 aromatic heterocycles. The number of anilines is 1. The zero-order valence-electron chi connectivity index (χ0n) is 16.3. The number of benzene rings is 1. The molecular weight excluding hydrogens is 386 g/mol. The van der Waals surface area contributed by atoms with E-state index in [1.54, 1.807) is 40.9 Å². The summed E-state index contributed by atoms with van der Waals surface area (Å²) in [6, 6.07) is 12.1. The lowest BCUT2D eigenvalue weighted by Gasteiger charge is -2.36. The van der Waals surface area contributed by atoms with E-state index in [1.807, 2.05) is 12.1 Å². The summed E-state index contributed by atoms with van der Waals surface area (Å²) in [5, 5.41) is 20.5. The van der Waals surface area contributed by atoms with Gasteiger partial charge >= 0.3 is 0 Å². The molecule has 1 aromatic carbocycles. The number of furan rings is 1. The molecule has 0 unspecified atom stereocenters. The highest BCUT2D eigenvalue weighted by atomic mass is 16.6. The average Bonchev–Trinajstić information content (AvgIpc) is 3.41. The van der Waals surface area contributed by atoms with Crippen LogP contribution in [0.2, 0.25) is 0 Å². The Kier molecular flexibility index (Phi) is 4.98. The number of carbonyl (C=O) groups is 1. The predicted octanol–water partition coefficient (Wildman–Crippen LogP) is 3.12. The first kappa shape index (κ1) is 19.3. The number of nitriles is 1. The maximum absolute atomic E-state index is 13.2. The fraction of sp³-hybridized carbons (Fsp3) is 0.238. The van der Waals surface area contributed by atoms with Gasteiger partial charge in [-0.25, -0.2) is 0 Å². The number of piperazine rings is 1. The SMILES string of the molecule is Cc1oc(-n2cccc2)c(C#N)c1C(=O)N1CCN(c2ccc([N+](=O)[O-])cc2)CC1. The summed E-state index contributed by atoms with van der Waals surface area (Å²) >= 11 is 0. The molecule has 9 heteroatoms. The standard InChI is InChI=1S/C21H19N5O4/c1-15-19(18(14-22)21(30-15)25-8-2-3-9-25)20(27)24-12-10-23(11-13-24)16-4-6-17(7-5-16)26(28)29/h2-9H,10-13H2,1H3. The fourth-order valence-electron chi connectivity index (χ4n) is 3.65. The number of amides is 1. The van der Waals surface area contributed by atoms with E-state index >= 15 is 0 Å². The molecule has 0 spiro atoms. The Bertz CT molecular complexity index is 1120. The summed E-state index contributed by atoms with van der Waals surface area (Å²) in [6.07, 6.45) is 3.52. The molecule has 1 aliphatic rings. The second-order valence-corrected chi connectivity index (χ2v) is 6.97. The molecule has 0 aliphatic carbocycles. The quantitative estimate of drug-likeness (QED) is 0.487. The number of carbonyl (C=O) groups excluding carboxylic acids is 1. The minimum Gasteiger partial charge on any atom is -0.443 e. The van der Waals surface area contributed by atoms with Crippen LogP contribution in [0.5, 0.6) is 0 Å². The topological polar surface area (TPSA) is 109 Å². The minimum absolute atomic E-state index is 0.0468. The molecule has 3 aromatic rings. The Balaban J connectivity index is 1.50. The van der Waals surface area contributed by atoms with Crippen molar-refractivity contribution in [1.82, 2.24) is 9.47 Å². The van der Waals surface area contributed by atoms with Gasteiger partial charge in [-0.2, -0.15) is 5.26 Å². The van der Waals surface area contributed by atoms with Crippen LogP contribution < -0.4 is 4.90 Å². The number of nitro groups is 1. The van der Waals surface area contributed by atoms with Crippen molar-refractivity contribution in [2.24, 2.45) is 0 Å². The highest BCUT2D eigenvalue weighted by Gasteiger charge is 2.30. The number of hydrogen-bond acceptors (Lipinski definition) is 6. The molecule has 152 valence electrons. The normalized spacial score (nSPS) is 13.9. The third kappa shape index (κ3) is 3.39. The molecule has 0 atom stereocenters. The van der Waals surface area contributed by atoms with E-state index in [1.165, 1.54) is 12.1 Å². The van der Waals surface area contributed by atoms with E-state index < -0.39 is 4.92 Å². The van der Waals surface area contributed by atoms with Gasteiger partial charge in [0.2, 0.25) is 5.88 Å². The lowest BCUT2D eigenvalue weighted by Crippen LogP contribution is -2.49. The maximum Gasteiger partial charge on any atom is 0.269 e. The first-order valence-corrected chi connectivity index (χ1v) is 9.45. The summed E-state index contributed by atoms with van der Waals surface area (Å²) in [5.74, 6) is 0.528. The Hall–Kier alpha value is -4.06. The van der Waals surface area contributed by atoms with Crippen molar-refractivity contribution in [2.75, 3.05) is 31.1 Å². The first-order chi connectivity index (χ1) is 14.5. The Morgan fingerprint density at radius 3 is 2.33 bits per heavy atom. The summed E-state index contributed by atoms with van der Waals surface area (Å²) in [6.45, 7) is 3.82. The number of nitro benzene ring substituents is 1. The highest BCUT2D eigenvalue weighted by Crippen LogP contribution is 2.27. The molecule has 4 rings (SSSR count). The predicted molar refractivity (Wildman–Crippen MR) is 109 cm³/mol. The first-order valence-electron chi connectivity index (χ1n) is 9.45. The lowest BCUT2D eigenvalue weighted by atomic mass is 10.1. The molecule has 1 amide bonds. The molecule has 30 heavy (non-hydrogen) atoms. The van der Waals surface area contributed by atoms with Crippen molar-refractivity contribution in [3.63, 3.8) is 0 Å². The van der Waals surface area contributed by atoms with Crippen LogP contribution in [0.15, 0.2) is 53.2 Å². The number of rotatable bonds is 4. The van der Waals surface area contributed by atoms with Gasteiger partial charge in [0, 0.05) is 56.4 Å². The molecule has 3 heterocycles. The maximum atomic E-state index is 13.2. The molecule has 0 saturated carbocycles. The van der Waals surface area contributed by atoms with Crippen LogP contribution in [-0.4, -0.2) is 46.5 Å². The average molecular weight is 405 g/mol. The Morgan fingerprint density at radius 1 is 1.13 bits per heavy atom. The summed E-state index contributed by atoms with van der Waals surface area (Å²) in [5.41, 5.74) is 1.45. The molecule has 0 radical (unpaired) electrons. The van der Waals surface area contributed by atoms with Gasteiger partial charge in [-0.05, 0) is 31.2 Å². The zero-order valence-corrected chi connectivity index (χ0v) is 16.3. The molecular formula is C21H19N5O4. The summed E-state index contributed by atoms with van der Waals surface area (Å²) in [7, 11) is 0. The lowest BCUT2D eigenvalue weighted by molar-refractivity contribution is -0.384. The zero-order chi connectivity index (χ0) is 21.3. The van der Waals surface area contributed by atoms with Gasteiger partial charge in [0.25, 0.3) is 11.6 Å². The van der Waals surface area contributed by atoms with Gasteiger partial charge in [0.1, 0.15) is 23.0 Å². The third-order valence-corrected chi connectivity index (χ3v) is 5.22. The number of aromatic nitrogens is 1.